The first kappa shape index (κ1) is 13.2. The van der Waals surface area contributed by atoms with Gasteiger partial charge in [0.15, 0.2) is 11.6 Å². The summed E-state index contributed by atoms with van der Waals surface area (Å²) in [5.74, 6) is 0.774. The molecule has 0 aliphatic heterocycles. The van der Waals surface area contributed by atoms with Gasteiger partial charge >= 0.3 is 0 Å². The first-order valence-corrected chi connectivity index (χ1v) is 6.93. The van der Waals surface area contributed by atoms with Crippen molar-refractivity contribution in [1.29, 1.82) is 0 Å². The smallest absolute Gasteiger partial charge is 0.276 e. The highest BCUT2D eigenvalue weighted by Gasteiger charge is 2.13. The van der Waals surface area contributed by atoms with Gasteiger partial charge in [-0.15, -0.1) is 5.10 Å². The van der Waals surface area contributed by atoms with Crippen LogP contribution in [0.2, 0.25) is 0 Å². The molecule has 2 N–H and O–H groups in total. The third kappa shape index (κ3) is 2.55. The van der Waals surface area contributed by atoms with E-state index < -0.39 is 0 Å². The third-order valence-corrected chi connectivity index (χ3v) is 3.30. The van der Waals surface area contributed by atoms with E-state index in [1.807, 2.05) is 30.3 Å². The molecule has 0 fully saturated rings. The molecule has 0 bridgehead atoms. The quantitative estimate of drug-likeness (QED) is 0.606. The van der Waals surface area contributed by atoms with E-state index in [0.29, 0.717) is 17.3 Å². The molecule has 7 nitrogen and oxygen atoms in total. The SMILES string of the molecule is O=C(Nc1n[nH]c(-c2ccco2)n1)c1ccc2ccccc2n1. The number of benzene rings is 1. The Labute approximate surface area is 130 Å². The molecular formula is C16H11N5O2. The average molecular weight is 305 g/mol. The number of nitrogens with one attached hydrogen (secondary N) is 2. The summed E-state index contributed by atoms with van der Waals surface area (Å²) in [6, 6.07) is 14.6. The molecule has 0 spiro atoms. The molecule has 0 radical (unpaired) electrons. The molecule has 7 heteroatoms. The van der Waals surface area contributed by atoms with Crippen molar-refractivity contribution in [3.63, 3.8) is 0 Å². The largest absolute Gasteiger partial charge is 0.461 e. The number of carbonyl (C=O) groups is 1. The number of fused-ring (bicyclic) bond motifs is 1. The topological polar surface area (TPSA) is 96.7 Å². The Morgan fingerprint density at radius 2 is 1.96 bits per heavy atom. The minimum Gasteiger partial charge on any atom is -0.461 e. The monoisotopic (exact) mass is 305 g/mol. The summed E-state index contributed by atoms with van der Waals surface area (Å²) in [6.45, 7) is 0. The Hall–Kier alpha value is -3.48. The Balaban J connectivity index is 1.57. The van der Waals surface area contributed by atoms with Gasteiger partial charge in [-0.05, 0) is 24.3 Å². The maximum absolute atomic E-state index is 12.3. The number of rotatable bonds is 3. The number of aromatic nitrogens is 4. The zero-order valence-corrected chi connectivity index (χ0v) is 11.9. The Morgan fingerprint density at radius 3 is 2.83 bits per heavy atom. The van der Waals surface area contributed by atoms with E-state index in [1.54, 1.807) is 18.2 Å². The first-order valence-electron chi connectivity index (χ1n) is 6.93. The van der Waals surface area contributed by atoms with Gasteiger partial charge in [0.2, 0.25) is 5.95 Å². The van der Waals surface area contributed by atoms with Crippen molar-refractivity contribution in [2.45, 2.75) is 0 Å². The van der Waals surface area contributed by atoms with Crippen LogP contribution in [0.5, 0.6) is 0 Å². The van der Waals surface area contributed by atoms with Crippen molar-refractivity contribution in [2.24, 2.45) is 0 Å². The van der Waals surface area contributed by atoms with Crippen LogP contribution in [0.4, 0.5) is 5.95 Å². The lowest BCUT2D eigenvalue weighted by atomic mass is 10.2. The fraction of sp³-hybridized carbons (Fsp3) is 0. The van der Waals surface area contributed by atoms with Crippen LogP contribution in [0, 0.1) is 0 Å². The van der Waals surface area contributed by atoms with Crippen LogP contribution in [0.15, 0.2) is 59.2 Å². The fourth-order valence-electron chi connectivity index (χ4n) is 2.20. The van der Waals surface area contributed by atoms with E-state index in [4.69, 9.17) is 4.42 Å². The highest BCUT2D eigenvalue weighted by molar-refractivity contribution is 6.03. The Bertz CT molecular complexity index is 975. The Morgan fingerprint density at radius 1 is 1.04 bits per heavy atom. The van der Waals surface area contributed by atoms with Crippen molar-refractivity contribution < 1.29 is 9.21 Å². The van der Waals surface area contributed by atoms with Gasteiger partial charge in [-0.1, -0.05) is 24.3 Å². The summed E-state index contributed by atoms with van der Waals surface area (Å²) in [4.78, 5) is 20.8. The molecular weight excluding hydrogens is 294 g/mol. The molecule has 23 heavy (non-hydrogen) atoms. The standard InChI is InChI=1S/C16H11N5O2/c22-15(12-8-7-10-4-1-2-5-11(10)17-12)19-16-18-14(20-21-16)13-6-3-9-23-13/h1-9H,(H2,18,19,20,21,22). The van der Waals surface area contributed by atoms with Gasteiger partial charge in [-0.2, -0.15) is 4.98 Å². The lowest BCUT2D eigenvalue weighted by Crippen LogP contribution is -2.14. The van der Waals surface area contributed by atoms with E-state index in [-0.39, 0.29) is 11.9 Å². The maximum Gasteiger partial charge on any atom is 0.276 e. The van der Waals surface area contributed by atoms with Crippen LogP contribution in [0.3, 0.4) is 0 Å². The summed E-state index contributed by atoms with van der Waals surface area (Å²) in [7, 11) is 0. The van der Waals surface area contributed by atoms with Crippen LogP contribution in [-0.4, -0.2) is 26.1 Å². The van der Waals surface area contributed by atoms with E-state index >= 15 is 0 Å². The van der Waals surface area contributed by atoms with Crippen molar-refractivity contribution in [2.75, 3.05) is 5.32 Å². The summed E-state index contributed by atoms with van der Waals surface area (Å²) in [6.07, 6.45) is 1.54. The predicted octanol–water partition coefficient (Wildman–Crippen LogP) is 2.87. The molecule has 0 saturated heterocycles. The van der Waals surface area contributed by atoms with Crippen molar-refractivity contribution in [3.8, 4) is 11.6 Å². The molecule has 0 atom stereocenters. The predicted molar refractivity (Wildman–Crippen MR) is 83.8 cm³/mol. The second-order valence-electron chi connectivity index (χ2n) is 4.83. The molecule has 4 aromatic rings. The van der Waals surface area contributed by atoms with Gasteiger partial charge in [0.1, 0.15) is 5.69 Å². The lowest BCUT2D eigenvalue weighted by Gasteiger charge is -2.02. The summed E-state index contributed by atoms with van der Waals surface area (Å²) < 4.78 is 5.21. The molecule has 4 rings (SSSR count). The molecule has 3 heterocycles. The van der Waals surface area contributed by atoms with Crippen LogP contribution in [-0.2, 0) is 0 Å². The molecule has 0 saturated carbocycles. The van der Waals surface area contributed by atoms with Gasteiger partial charge in [-0.3, -0.25) is 15.2 Å². The summed E-state index contributed by atoms with van der Waals surface area (Å²) in [5, 5.41) is 10.2. The third-order valence-electron chi connectivity index (χ3n) is 3.30. The minimum atomic E-state index is -0.374. The molecule has 0 aliphatic rings. The number of pyridine rings is 1. The van der Waals surface area contributed by atoms with Crippen molar-refractivity contribution >= 4 is 22.8 Å². The number of para-hydroxylation sites is 1. The van der Waals surface area contributed by atoms with E-state index in [9.17, 15) is 4.79 Å². The number of furan rings is 1. The zero-order chi connectivity index (χ0) is 15.6. The van der Waals surface area contributed by atoms with E-state index in [0.717, 1.165) is 10.9 Å². The van der Waals surface area contributed by atoms with Gasteiger partial charge in [0.05, 0.1) is 11.8 Å². The number of carbonyl (C=O) groups excluding carboxylic acids is 1. The number of hydrogen-bond donors (Lipinski definition) is 2. The molecule has 1 aromatic carbocycles. The maximum atomic E-state index is 12.3. The van der Waals surface area contributed by atoms with Gasteiger partial charge in [0, 0.05) is 5.39 Å². The number of aromatic amines is 1. The number of nitrogens with zero attached hydrogens (tertiary/aromatic N) is 3. The second-order valence-corrected chi connectivity index (χ2v) is 4.83. The van der Waals surface area contributed by atoms with Gasteiger partial charge in [-0.25, -0.2) is 4.98 Å². The van der Waals surface area contributed by atoms with Crippen molar-refractivity contribution in [3.05, 3.63) is 60.5 Å². The summed E-state index contributed by atoms with van der Waals surface area (Å²) >= 11 is 0. The second kappa shape index (κ2) is 5.38. The van der Waals surface area contributed by atoms with E-state index in [1.165, 1.54) is 6.26 Å². The molecule has 0 aliphatic carbocycles. The van der Waals surface area contributed by atoms with Gasteiger partial charge < -0.3 is 4.42 Å². The number of amides is 1. The molecule has 0 unspecified atom stereocenters. The highest BCUT2D eigenvalue weighted by atomic mass is 16.3. The van der Waals surface area contributed by atoms with E-state index in [2.05, 4.69) is 25.5 Å². The van der Waals surface area contributed by atoms with Gasteiger partial charge in [0.25, 0.3) is 5.91 Å². The Kier molecular flexibility index (Phi) is 3.09. The summed E-state index contributed by atoms with van der Waals surface area (Å²) in [5.41, 5.74) is 1.06. The minimum absolute atomic E-state index is 0.163. The normalized spacial score (nSPS) is 10.8. The molecule has 3 aromatic heterocycles. The molecule has 112 valence electrons. The first-order chi connectivity index (χ1) is 11.3. The zero-order valence-electron chi connectivity index (χ0n) is 11.9. The van der Waals surface area contributed by atoms with Crippen LogP contribution < -0.4 is 5.32 Å². The van der Waals surface area contributed by atoms with Crippen molar-refractivity contribution in [1.82, 2.24) is 20.2 Å². The average Bonchev–Trinajstić information content (AvgIpc) is 3.25. The number of anilines is 1. The van der Waals surface area contributed by atoms with Crippen LogP contribution in [0.1, 0.15) is 10.5 Å². The lowest BCUT2D eigenvalue weighted by molar-refractivity contribution is 0.102. The van der Waals surface area contributed by atoms with Crippen LogP contribution >= 0.6 is 0 Å². The van der Waals surface area contributed by atoms with Crippen LogP contribution in [0.25, 0.3) is 22.5 Å². The number of H-pyrrole nitrogens is 1. The fourth-order valence-corrected chi connectivity index (χ4v) is 2.20. The highest BCUT2D eigenvalue weighted by Crippen LogP contribution is 2.16. The molecule has 1 amide bonds. The number of hydrogen-bond acceptors (Lipinski definition) is 5.